The molecule has 0 aromatic heterocycles. The molecule has 0 radical (unpaired) electrons. The molecule has 2 aromatic carbocycles. The van der Waals surface area contributed by atoms with Gasteiger partial charge >= 0.3 is 0 Å². The molecule has 0 spiro atoms. The van der Waals surface area contributed by atoms with Crippen molar-refractivity contribution in [3.8, 4) is 0 Å². The van der Waals surface area contributed by atoms with E-state index in [1.54, 1.807) is 48.5 Å². The molecule has 1 saturated heterocycles. The van der Waals surface area contributed by atoms with Crippen LogP contribution in [0.1, 0.15) is 43.0 Å². The Balaban J connectivity index is 1.40. The average Bonchev–Trinajstić information content (AvgIpc) is 3.31. The van der Waals surface area contributed by atoms with Crippen LogP contribution in [0.25, 0.3) is 0 Å². The van der Waals surface area contributed by atoms with Gasteiger partial charge in [0.25, 0.3) is 5.91 Å². The minimum atomic E-state index is -0.207. The summed E-state index contributed by atoms with van der Waals surface area (Å²) in [6.07, 6.45) is 3.39. The summed E-state index contributed by atoms with van der Waals surface area (Å²) < 4.78 is 5.50. The molecule has 8 nitrogen and oxygen atoms in total. The molecule has 1 fully saturated rings. The summed E-state index contributed by atoms with van der Waals surface area (Å²) in [5.41, 5.74) is 2.64. The van der Waals surface area contributed by atoms with Crippen LogP contribution in [0.5, 0.6) is 0 Å². The van der Waals surface area contributed by atoms with E-state index in [1.165, 1.54) is 0 Å². The standard InChI is InChI=1S/C24H30N4O4/c1-2-4-22(29)27-20-12-10-18(11-13-20)25-16-23(30)28-19-8-6-17(7-9-19)24(31)26-15-21-5-3-14-32-21/h6-13,21,25H,2-5,14-16H2,1H3,(H,26,31)(H,27,29)(H,28,30). The Morgan fingerprint density at radius 1 is 0.906 bits per heavy atom. The average molecular weight is 439 g/mol. The molecule has 32 heavy (non-hydrogen) atoms. The fraction of sp³-hybridized carbons (Fsp3) is 0.375. The van der Waals surface area contributed by atoms with Crippen LogP contribution in [0.15, 0.2) is 48.5 Å². The van der Waals surface area contributed by atoms with E-state index in [0.29, 0.717) is 24.2 Å². The third kappa shape index (κ3) is 7.39. The summed E-state index contributed by atoms with van der Waals surface area (Å²) in [6.45, 7) is 3.31. The van der Waals surface area contributed by atoms with Gasteiger partial charge in [0, 0.05) is 42.2 Å². The summed E-state index contributed by atoms with van der Waals surface area (Å²) in [5.74, 6) is -0.380. The largest absolute Gasteiger partial charge is 0.376 e. The van der Waals surface area contributed by atoms with E-state index in [2.05, 4.69) is 21.3 Å². The number of nitrogens with one attached hydrogen (secondary N) is 4. The monoisotopic (exact) mass is 438 g/mol. The lowest BCUT2D eigenvalue weighted by Crippen LogP contribution is -2.31. The minimum Gasteiger partial charge on any atom is -0.376 e. The third-order valence-corrected chi connectivity index (χ3v) is 5.04. The van der Waals surface area contributed by atoms with Crippen LogP contribution < -0.4 is 21.3 Å². The van der Waals surface area contributed by atoms with Crippen LogP contribution in [0, 0.1) is 0 Å². The number of carbonyl (C=O) groups is 3. The fourth-order valence-corrected chi connectivity index (χ4v) is 3.33. The maximum Gasteiger partial charge on any atom is 0.251 e. The highest BCUT2D eigenvalue weighted by molar-refractivity contribution is 5.96. The first kappa shape index (κ1) is 23.3. The highest BCUT2D eigenvalue weighted by Crippen LogP contribution is 2.15. The van der Waals surface area contributed by atoms with Crippen LogP contribution in [0.4, 0.5) is 17.1 Å². The minimum absolute atomic E-state index is 0.0149. The third-order valence-electron chi connectivity index (χ3n) is 5.04. The highest BCUT2D eigenvalue weighted by Gasteiger charge is 2.16. The lowest BCUT2D eigenvalue weighted by Gasteiger charge is -2.11. The van der Waals surface area contributed by atoms with E-state index in [0.717, 1.165) is 37.2 Å². The van der Waals surface area contributed by atoms with Gasteiger partial charge in [0.2, 0.25) is 11.8 Å². The molecule has 0 saturated carbocycles. The molecule has 0 bridgehead atoms. The van der Waals surface area contributed by atoms with Crippen molar-refractivity contribution in [3.63, 3.8) is 0 Å². The van der Waals surface area contributed by atoms with Gasteiger partial charge in [-0.3, -0.25) is 14.4 Å². The Kier molecular flexibility index (Phi) is 8.62. The number of ether oxygens (including phenoxy) is 1. The van der Waals surface area contributed by atoms with Crippen LogP contribution in [0.3, 0.4) is 0 Å². The Morgan fingerprint density at radius 3 is 2.16 bits per heavy atom. The number of carbonyl (C=O) groups excluding carboxylic acids is 3. The quantitative estimate of drug-likeness (QED) is 0.455. The zero-order valence-corrected chi connectivity index (χ0v) is 18.3. The predicted molar refractivity (Wildman–Crippen MR) is 125 cm³/mol. The van der Waals surface area contributed by atoms with Crippen molar-refractivity contribution in [1.29, 1.82) is 0 Å². The van der Waals surface area contributed by atoms with E-state index >= 15 is 0 Å². The van der Waals surface area contributed by atoms with Crippen LogP contribution in [-0.4, -0.2) is 43.5 Å². The second-order valence-electron chi connectivity index (χ2n) is 7.70. The molecule has 3 rings (SSSR count). The molecule has 1 aliphatic heterocycles. The molecular weight excluding hydrogens is 408 g/mol. The van der Waals surface area contributed by atoms with E-state index in [4.69, 9.17) is 4.74 Å². The first-order chi connectivity index (χ1) is 15.5. The van der Waals surface area contributed by atoms with Gasteiger partial charge in [-0.1, -0.05) is 6.92 Å². The maximum absolute atomic E-state index is 12.2. The fourth-order valence-electron chi connectivity index (χ4n) is 3.33. The van der Waals surface area contributed by atoms with Crippen LogP contribution in [-0.2, 0) is 14.3 Å². The Labute approximate surface area is 188 Å². The summed E-state index contributed by atoms with van der Waals surface area (Å²) in [4.78, 5) is 36.1. The molecule has 170 valence electrons. The Morgan fingerprint density at radius 2 is 1.53 bits per heavy atom. The van der Waals surface area contributed by atoms with Crippen molar-refractivity contribution < 1.29 is 19.1 Å². The van der Waals surface area contributed by atoms with Gasteiger partial charge in [-0.2, -0.15) is 0 Å². The molecule has 3 amide bonds. The zero-order valence-electron chi connectivity index (χ0n) is 18.3. The molecule has 1 aliphatic rings. The van der Waals surface area contributed by atoms with Crippen molar-refractivity contribution in [2.45, 2.75) is 38.7 Å². The number of rotatable bonds is 10. The molecular formula is C24H30N4O4. The van der Waals surface area contributed by atoms with Crippen molar-refractivity contribution >= 4 is 34.8 Å². The van der Waals surface area contributed by atoms with Gasteiger partial charge in [0.1, 0.15) is 0 Å². The predicted octanol–water partition coefficient (Wildman–Crippen LogP) is 3.38. The smallest absolute Gasteiger partial charge is 0.251 e. The van der Waals surface area contributed by atoms with E-state index < -0.39 is 0 Å². The van der Waals surface area contributed by atoms with Gasteiger partial charge in [-0.05, 0) is 67.8 Å². The summed E-state index contributed by atoms with van der Waals surface area (Å²) in [7, 11) is 0. The van der Waals surface area contributed by atoms with Gasteiger partial charge in [0.05, 0.1) is 12.6 Å². The topological polar surface area (TPSA) is 109 Å². The first-order valence-electron chi connectivity index (χ1n) is 11.0. The van der Waals surface area contributed by atoms with Crippen molar-refractivity contribution in [3.05, 3.63) is 54.1 Å². The number of hydrogen-bond acceptors (Lipinski definition) is 5. The molecule has 0 aliphatic carbocycles. The van der Waals surface area contributed by atoms with E-state index in [-0.39, 0.29) is 30.4 Å². The zero-order chi connectivity index (χ0) is 22.8. The lowest BCUT2D eigenvalue weighted by atomic mass is 10.2. The molecule has 1 unspecified atom stereocenters. The van der Waals surface area contributed by atoms with E-state index in [9.17, 15) is 14.4 Å². The summed E-state index contributed by atoms with van der Waals surface area (Å²) >= 11 is 0. The first-order valence-corrected chi connectivity index (χ1v) is 11.0. The SMILES string of the molecule is CCCC(=O)Nc1ccc(NCC(=O)Nc2ccc(C(=O)NCC3CCCO3)cc2)cc1. The van der Waals surface area contributed by atoms with Crippen LogP contribution in [0.2, 0.25) is 0 Å². The second-order valence-corrected chi connectivity index (χ2v) is 7.70. The Bertz CT molecular complexity index is 907. The van der Waals surface area contributed by atoms with Gasteiger partial charge in [-0.15, -0.1) is 0 Å². The van der Waals surface area contributed by atoms with Crippen molar-refractivity contribution in [1.82, 2.24) is 5.32 Å². The normalized spacial score (nSPS) is 15.1. The number of hydrogen-bond donors (Lipinski definition) is 4. The highest BCUT2D eigenvalue weighted by atomic mass is 16.5. The molecule has 1 atom stereocenters. The van der Waals surface area contributed by atoms with Crippen LogP contribution >= 0.6 is 0 Å². The van der Waals surface area contributed by atoms with Gasteiger partial charge in [0.15, 0.2) is 0 Å². The number of benzene rings is 2. The molecule has 8 heteroatoms. The number of amides is 3. The molecule has 1 heterocycles. The second kappa shape index (κ2) is 11.9. The lowest BCUT2D eigenvalue weighted by molar-refractivity contribution is -0.116. The summed E-state index contributed by atoms with van der Waals surface area (Å²) in [5, 5.41) is 11.5. The van der Waals surface area contributed by atoms with Crippen molar-refractivity contribution in [2.24, 2.45) is 0 Å². The number of anilines is 3. The van der Waals surface area contributed by atoms with E-state index in [1.807, 2.05) is 6.92 Å². The molecule has 4 N–H and O–H groups in total. The maximum atomic E-state index is 12.2. The van der Waals surface area contributed by atoms with Gasteiger partial charge in [-0.25, -0.2) is 0 Å². The Hall–Kier alpha value is -3.39. The molecule has 2 aromatic rings. The summed E-state index contributed by atoms with van der Waals surface area (Å²) in [6, 6.07) is 13.9. The van der Waals surface area contributed by atoms with Crippen molar-refractivity contribution in [2.75, 3.05) is 35.6 Å². The van der Waals surface area contributed by atoms with Gasteiger partial charge < -0.3 is 26.0 Å².